The first-order valence-electron chi connectivity index (χ1n) is 5.06. The second kappa shape index (κ2) is 9.21. The van der Waals surface area contributed by atoms with Gasteiger partial charge in [-0.05, 0) is 5.56 Å². The molecule has 0 radical (unpaired) electrons. The van der Waals surface area contributed by atoms with Crippen molar-refractivity contribution in [1.82, 2.24) is 0 Å². The maximum Gasteiger partial charge on any atom is 0.175 e. The lowest BCUT2D eigenvalue weighted by Crippen LogP contribution is -1.99. The van der Waals surface area contributed by atoms with Gasteiger partial charge in [-0.15, -0.1) is 23.2 Å². The van der Waals surface area contributed by atoms with Crippen LogP contribution in [0.25, 0.3) is 0 Å². The van der Waals surface area contributed by atoms with Crippen molar-refractivity contribution in [2.75, 3.05) is 25.0 Å². The number of benzene rings is 1. The van der Waals surface area contributed by atoms with Crippen LogP contribution in [0.5, 0.6) is 0 Å². The van der Waals surface area contributed by atoms with Crippen LogP contribution in [0.4, 0.5) is 0 Å². The summed E-state index contributed by atoms with van der Waals surface area (Å²) in [6.45, 7) is 1.03. The summed E-state index contributed by atoms with van der Waals surface area (Å²) < 4.78 is 11.1. The highest BCUT2D eigenvalue weighted by Crippen LogP contribution is 2.41. The van der Waals surface area contributed by atoms with Crippen LogP contribution in [0.1, 0.15) is 5.56 Å². The quantitative estimate of drug-likeness (QED) is 0.529. The van der Waals surface area contributed by atoms with Crippen molar-refractivity contribution in [3.8, 4) is 0 Å². The third-order valence-electron chi connectivity index (χ3n) is 1.78. The standard InChI is InChI=1S/C11H15Cl2O2P/c12-6-8-14-16(15-9-7-13)10-11-4-2-1-3-5-11/h1-5H,6-10H2. The van der Waals surface area contributed by atoms with Gasteiger partial charge in [0.2, 0.25) is 0 Å². The summed E-state index contributed by atoms with van der Waals surface area (Å²) >= 11 is 11.2. The van der Waals surface area contributed by atoms with Gasteiger partial charge in [0.25, 0.3) is 0 Å². The molecule has 1 aromatic rings. The Bertz CT molecular complexity index is 264. The lowest BCUT2D eigenvalue weighted by Gasteiger charge is -2.16. The first-order chi connectivity index (χ1) is 7.86. The van der Waals surface area contributed by atoms with E-state index < -0.39 is 8.38 Å². The van der Waals surface area contributed by atoms with Crippen molar-refractivity contribution in [1.29, 1.82) is 0 Å². The van der Waals surface area contributed by atoms with Gasteiger partial charge in [0.15, 0.2) is 8.38 Å². The minimum absolute atomic E-state index is 0.484. The van der Waals surface area contributed by atoms with Crippen molar-refractivity contribution in [3.05, 3.63) is 35.9 Å². The molecule has 0 saturated heterocycles. The fraction of sp³-hybridized carbons (Fsp3) is 0.455. The smallest absolute Gasteiger partial charge is 0.175 e. The summed E-state index contributed by atoms with van der Waals surface area (Å²) in [5.74, 6) is 0.968. The van der Waals surface area contributed by atoms with E-state index in [1.54, 1.807) is 0 Å². The number of rotatable bonds is 8. The fourth-order valence-corrected chi connectivity index (χ4v) is 2.86. The van der Waals surface area contributed by atoms with Gasteiger partial charge in [0, 0.05) is 17.9 Å². The molecule has 0 spiro atoms. The highest BCUT2D eigenvalue weighted by Gasteiger charge is 2.10. The highest BCUT2D eigenvalue weighted by molar-refractivity contribution is 7.46. The van der Waals surface area contributed by atoms with Crippen molar-refractivity contribution < 1.29 is 9.05 Å². The zero-order valence-corrected chi connectivity index (χ0v) is 11.3. The Balaban J connectivity index is 2.42. The Labute approximate surface area is 108 Å². The predicted molar refractivity (Wildman–Crippen MR) is 70.4 cm³/mol. The summed E-state index contributed by atoms with van der Waals surface area (Å²) in [6.07, 6.45) is 0.782. The van der Waals surface area contributed by atoms with Gasteiger partial charge in [-0.25, -0.2) is 0 Å². The average molecular weight is 281 g/mol. The second-order valence-corrected chi connectivity index (χ2v) is 5.27. The Morgan fingerprint density at radius 3 is 2.00 bits per heavy atom. The van der Waals surface area contributed by atoms with Gasteiger partial charge in [-0.3, -0.25) is 0 Å². The number of hydrogen-bond donors (Lipinski definition) is 0. The second-order valence-electron chi connectivity index (χ2n) is 3.02. The van der Waals surface area contributed by atoms with Crippen molar-refractivity contribution in [2.24, 2.45) is 0 Å². The highest BCUT2D eigenvalue weighted by atomic mass is 35.5. The van der Waals surface area contributed by atoms with Crippen LogP contribution in [0.15, 0.2) is 30.3 Å². The van der Waals surface area contributed by atoms with Crippen LogP contribution in [0, 0.1) is 0 Å². The van der Waals surface area contributed by atoms with E-state index in [0.717, 1.165) is 6.16 Å². The minimum atomic E-state index is -0.918. The average Bonchev–Trinajstić information content (AvgIpc) is 2.34. The van der Waals surface area contributed by atoms with Crippen LogP contribution in [-0.2, 0) is 15.2 Å². The topological polar surface area (TPSA) is 18.5 Å². The van der Waals surface area contributed by atoms with Crippen molar-refractivity contribution in [2.45, 2.75) is 6.16 Å². The van der Waals surface area contributed by atoms with Gasteiger partial charge < -0.3 is 9.05 Å². The molecule has 0 amide bonds. The normalized spacial score (nSPS) is 10.9. The van der Waals surface area contributed by atoms with Gasteiger partial charge >= 0.3 is 0 Å². The maximum absolute atomic E-state index is 5.59. The third-order valence-corrected chi connectivity index (χ3v) is 3.65. The molecule has 0 N–H and O–H groups in total. The Morgan fingerprint density at radius 1 is 0.938 bits per heavy atom. The molecule has 90 valence electrons. The van der Waals surface area contributed by atoms with Gasteiger partial charge in [-0.1, -0.05) is 30.3 Å². The van der Waals surface area contributed by atoms with E-state index >= 15 is 0 Å². The fourth-order valence-electron chi connectivity index (χ4n) is 1.13. The van der Waals surface area contributed by atoms with Crippen LogP contribution in [0.3, 0.4) is 0 Å². The lowest BCUT2D eigenvalue weighted by molar-refractivity contribution is 0.271. The molecule has 0 aliphatic heterocycles. The Morgan fingerprint density at radius 2 is 1.50 bits per heavy atom. The zero-order valence-electron chi connectivity index (χ0n) is 8.94. The van der Waals surface area contributed by atoms with Gasteiger partial charge in [0.1, 0.15) is 0 Å². The molecule has 0 unspecified atom stereocenters. The van der Waals surface area contributed by atoms with Crippen LogP contribution in [-0.4, -0.2) is 25.0 Å². The van der Waals surface area contributed by atoms with Crippen molar-refractivity contribution >= 4 is 31.6 Å². The first kappa shape index (κ1) is 14.2. The molecule has 1 aromatic carbocycles. The molecule has 0 aliphatic carbocycles. The summed E-state index contributed by atoms with van der Waals surface area (Å²) in [4.78, 5) is 0. The molecule has 0 saturated carbocycles. The molecule has 5 heteroatoms. The molecule has 0 aliphatic rings. The summed E-state index contributed by atoms with van der Waals surface area (Å²) in [7, 11) is -0.918. The first-order valence-corrected chi connectivity index (χ1v) is 7.49. The molecular formula is C11H15Cl2O2P. The largest absolute Gasteiger partial charge is 0.333 e. The molecule has 2 nitrogen and oxygen atoms in total. The molecular weight excluding hydrogens is 266 g/mol. The van der Waals surface area contributed by atoms with Crippen molar-refractivity contribution in [3.63, 3.8) is 0 Å². The van der Waals surface area contributed by atoms with E-state index in [9.17, 15) is 0 Å². The number of halogens is 2. The molecule has 0 atom stereocenters. The van der Waals surface area contributed by atoms with E-state index in [4.69, 9.17) is 32.2 Å². The monoisotopic (exact) mass is 280 g/mol. The van der Waals surface area contributed by atoms with Gasteiger partial charge in [0.05, 0.1) is 13.2 Å². The van der Waals surface area contributed by atoms with E-state index in [0.29, 0.717) is 25.0 Å². The molecule has 0 heterocycles. The number of alkyl halides is 2. The zero-order chi connectivity index (χ0) is 11.6. The molecule has 0 fully saturated rings. The molecule has 0 aromatic heterocycles. The summed E-state index contributed by atoms with van der Waals surface area (Å²) in [5, 5.41) is 0. The van der Waals surface area contributed by atoms with E-state index in [1.165, 1.54) is 5.56 Å². The van der Waals surface area contributed by atoms with E-state index in [1.807, 2.05) is 18.2 Å². The molecule has 16 heavy (non-hydrogen) atoms. The molecule has 0 bridgehead atoms. The van der Waals surface area contributed by atoms with E-state index in [-0.39, 0.29) is 0 Å². The van der Waals surface area contributed by atoms with Gasteiger partial charge in [-0.2, -0.15) is 0 Å². The van der Waals surface area contributed by atoms with Crippen LogP contribution >= 0.6 is 31.6 Å². The van der Waals surface area contributed by atoms with Crippen LogP contribution < -0.4 is 0 Å². The SMILES string of the molecule is ClCCOP(Cc1ccccc1)OCCCl. The lowest BCUT2D eigenvalue weighted by atomic mass is 10.2. The minimum Gasteiger partial charge on any atom is -0.333 e. The maximum atomic E-state index is 5.59. The predicted octanol–water partition coefficient (Wildman–Crippen LogP) is 4.01. The third kappa shape index (κ3) is 6.03. The number of hydrogen-bond acceptors (Lipinski definition) is 2. The summed E-state index contributed by atoms with van der Waals surface area (Å²) in [6, 6.07) is 10.1. The van der Waals surface area contributed by atoms with E-state index in [2.05, 4.69) is 12.1 Å². The molecule has 1 rings (SSSR count). The Kier molecular flexibility index (Phi) is 8.18. The van der Waals surface area contributed by atoms with Crippen LogP contribution in [0.2, 0.25) is 0 Å². The Hall–Kier alpha value is 0.150. The summed E-state index contributed by atoms with van der Waals surface area (Å²) in [5.41, 5.74) is 1.21.